The molecule has 4 nitrogen and oxygen atoms in total. The summed E-state index contributed by atoms with van der Waals surface area (Å²) in [5.41, 5.74) is 2.49. The van der Waals surface area contributed by atoms with Crippen LogP contribution in [0.25, 0.3) is 6.08 Å². The van der Waals surface area contributed by atoms with E-state index in [-0.39, 0.29) is 5.91 Å². The second-order valence-electron chi connectivity index (χ2n) is 6.88. The van der Waals surface area contributed by atoms with Crippen LogP contribution in [0, 0.1) is 0 Å². The smallest absolute Gasteiger partial charge is 0.270 e. The molecule has 0 aromatic heterocycles. The quantitative estimate of drug-likeness (QED) is 0.276. The molecule has 32 heavy (non-hydrogen) atoms. The van der Waals surface area contributed by atoms with Gasteiger partial charge in [0.1, 0.15) is 18.1 Å². The Morgan fingerprint density at radius 1 is 1.00 bits per heavy atom. The fourth-order valence-electron chi connectivity index (χ4n) is 3.21. The minimum atomic E-state index is -0.187. The molecule has 162 valence electrons. The number of anilines is 1. The zero-order valence-corrected chi connectivity index (χ0v) is 19.7. The van der Waals surface area contributed by atoms with Crippen LogP contribution in [-0.4, -0.2) is 16.8 Å². The van der Waals surface area contributed by atoms with Gasteiger partial charge in [-0.25, -0.2) is 0 Å². The summed E-state index contributed by atoms with van der Waals surface area (Å²) in [7, 11) is 0. The number of carbonyl (C=O) groups excluding carboxylic acids is 1. The summed E-state index contributed by atoms with van der Waals surface area (Å²) in [4.78, 5) is 15.2. The first-order valence-electron chi connectivity index (χ1n) is 10.0. The van der Waals surface area contributed by atoms with Crippen molar-refractivity contribution in [2.75, 3.05) is 11.5 Å². The van der Waals surface area contributed by atoms with E-state index in [4.69, 9.17) is 33.3 Å². The van der Waals surface area contributed by atoms with Crippen LogP contribution in [0.3, 0.4) is 0 Å². The number of nitrogens with zero attached hydrogens (tertiary/aromatic N) is 1. The molecule has 1 heterocycles. The summed E-state index contributed by atoms with van der Waals surface area (Å²) in [6.07, 6.45) is 1.79. The van der Waals surface area contributed by atoms with E-state index in [0.29, 0.717) is 44.6 Å². The van der Waals surface area contributed by atoms with Crippen LogP contribution in [0.2, 0.25) is 5.02 Å². The number of para-hydroxylation sites is 2. The van der Waals surface area contributed by atoms with Crippen molar-refractivity contribution in [2.24, 2.45) is 0 Å². The van der Waals surface area contributed by atoms with Crippen molar-refractivity contribution in [1.82, 2.24) is 0 Å². The van der Waals surface area contributed by atoms with Crippen molar-refractivity contribution in [3.63, 3.8) is 0 Å². The lowest BCUT2D eigenvalue weighted by Gasteiger charge is -2.18. The third-order valence-corrected chi connectivity index (χ3v) is 6.29. The van der Waals surface area contributed by atoms with Crippen molar-refractivity contribution in [3.8, 4) is 11.5 Å². The Balaban J connectivity index is 1.52. The summed E-state index contributed by atoms with van der Waals surface area (Å²) < 4.78 is 12.0. The standard InChI is InChI=1S/C25H20ClNO3S2/c1-2-29-22-11-7-6-10-20(22)27-24(28)23(32-25(27)31)15-18-12-13-21(19(26)14-18)30-16-17-8-4-3-5-9-17/h3-15H,2,16H2,1H3. The fraction of sp³-hybridized carbons (Fsp3) is 0.120. The van der Waals surface area contributed by atoms with E-state index < -0.39 is 0 Å². The number of rotatable bonds is 7. The van der Waals surface area contributed by atoms with E-state index in [2.05, 4.69) is 0 Å². The molecule has 0 spiro atoms. The molecule has 1 aliphatic rings. The van der Waals surface area contributed by atoms with Gasteiger partial charge in [-0.15, -0.1) is 0 Å². The van der Waals surface area contributed by atoms with Crippen LogP contribution >= 0.6 is 35.6 Å². The highest BCUT2D eigenvalue weighted by molar-refractivity contribution is 8.27. The van der Waals surface area contributed by atoms with E-state index in [0.717, 1.165) is 11.1 Å². The molecule has 7 heteroatoms. The van der Waals surface area contributed by atoms with Crippen LogP contribution < -0.4 is 14.4 Å². The normalized spacial score (nSPS) is 14.8. The maximum Gasteiger partial charge on any atom is 0.270 e. The highest BCUT2D eigenvalue weighted by Gasteiger charge is 2.34. The molecule has 0 bridgehead atoms. The van der Waals surface area contributed by atoms with E-state index in [9.17, 15) is 4.79 Å². The number of hydrogen-bond acceptors (Lipinski definition) is 5. The second kappa shape index (κ2) is 10.2. The molecular weight excluding hydrogens is 462 g/mol. The minimum absolute atomic E-state index is 0.187. The first kappa shape index (κ1) is 22.4. The minimum Gasteiger partial charge on any atom is -0.492 e. The van der Waals surface area contributed by atoms with Gasteiger partial charge in [-0.2, -0.15) is 0 Å². The monoisotopic (exact) mass is 481 g/mol. The predicted molar refractivity (Wildman–Crippen MR) is 135 cm³/mol. The highest BCUT2D eigenvalue weighted by Crippen LogP contribution is 2.40. The van der Waals surface area contributed by atoms with Gasteiger partial charge in [0, 0.05) is 0 Å². The Morgan fingerprint density at radius 3 is 2.50 bits per heavy atom. The van der Waals surface area contributed by atoms with Gasteiger partial charge in [-0.3, -0.25) is 9.69 Å². The molecular formula is C25H20ClNO3S2. The van der Waals surface area contributed by atoms with Crippen LogP contribution in [0.1, 0.15) is 18.1 Å². The molecule has 0 N–H and O–H groups in total. The molecule has 3 aromatic carbocycles. The Morgan fingerprint density at radius 2 is 1.75 bits per heavy atom. The summed E-state index contributed by atoms with van der Waals surface area (Å²) in [6, 6.07) is 22.7. The van der Waals surface area contributed by atoms with Crippen LogP contribution in [0.4, 0.5) is 5.69 Å². The molecule has 1 saturated heterocycles. The number of hydrogen-bond donors (Lipinski definition) is 0. The van der Waals surface area contributed by atoms with Gasteiger partial charge in [0.15, 0.2) is 4.32 Å². The van der Waals surface area contributed by atoms with Gasteiger partial charge in [0.2, 0.25) is 0 Å². The Hall–Kier alpha value is -2.80. The van der Waals surface area contributed by atoms with E-state index >= 15 is 0 Å². The highest BCUT2D eigenvalue weighted by atomic mass is 35.5. The fourth-order valence-corrected chi connectivity index (χ4v) is 4.73. The van der Waals surface area contributed by atoms with E-state index in [1.165, 1.54) is 16.7 Å². The molecule has 0 saturated carbocycles. The van der Waals surface area contributed by atoms with Crippen molar-refractivity contribution in [1.29, 1.82) is 0 Å². The molecule has 0 aliphatic carbocycles. The summed E-state index contributed by atoms with van der Waals surface area (Å²) in [5, 5.41) is 0.479. The average molecular weight is 482 g/mol. The van der Waals surface area contributed by atoms with Crippen molar-refractivity contribution >= 4 is 57.6 Å². The molecule has 3 aromatic rings. The van der Waals surface area contributed by atoms with Crippen molar-refractivity contribution in [3.05, 3.63) is 93.9 Å². The third-order valence-electron chi connectivity index (χ3n) is 4.69. The van der Waals surface area contributed by atoms with Crippen LogP contribution in [0.15, 0.2) is 77.7 Å². The molecule has 1 fully saturated rings. The Bertz CT molecular complexity index is 1180. The number of thiocarbonyl (C=S) groups is 1. The molecule has 0 unspecified atom stereocenters. The zero-order valence-electron chi connectivity index (χ0n) is 17.3. The van der Waals surface area contributed by atoms with Gasteiger partial charge in [0.05, 0.1) is 22.2 Å². The molecule has 0 radical (unpaired) electrons. The summed E-state index contributed by atoms with van der Waals surface area (Å²) >= 11 is 13.2. The van der Waals surface area contributed by atoms with Crippen molar-refractivity contribution in [2.45, 2.75) is 13.5 Å². The van der Waals surface area contributed by atoms with Crippen LogP contribution in [-0.2, 0) is 11.4 Å². The number of thioether (sulfide) groups is 1. The van der Waals surface area contributed by atoms with E-state index in [1.54, 1.807) is 12.1 Å². The van der Waals surface area contributed by atoms with Gasteiger partial charge in [0.25, 0.3) is 5.91 Å². The topological polar surface area (TPSA) is 38.8 Å². The lowest BCUT2D eigenvalue weighted by molar-refractivity contribution is -0.113. The van der Waals surface area contributed by atoms with Gasteiger partial charge >= 0.3 is 0 Å². The number of benzene rings is 3. The van der Waals surface area contributed by atoms with E-state index in [1.807, 2.05) is 73.7 Å². The summed E-state index contributed by atoms with van der Waals surface area (Å²) in [6.45, 7) is 2.83. The Labute approximate surface area is 201 Å². The molecule has 1 aliphatic heterocycles. The first-order chi connectivity index (χ1) is 15.6. The second-order valence-corrected chi connectivity index (χ2v) is 8.96. The lowest BCUT2D eigenvalue weighted by Crippen LogP contribution is -2.28. The number of halogens is 1. The number of amides is 1. The Kier molecular flexibility index (Phi) is 7.15. The molecule has 0 atom stereocenters. The third kappa shape index (κ3) is 4.99. The van der Waals surface area contributed by atoms with Gasteiger partial charge < -0.3 is 9.47 Å². The van der Waals surface area contributed by atoms with Gasteiger partial charge in [-0.1, -0.05) is 84.1 Å². The summed E-state index contributed by atoms with van der Waals surface area (Å²) in [5.74, 6) is 1.02. The zero-order chi connectivity index (χ0) is 22.5. The van der Waals surface area contributed by atoms with Crippen molar-refractivity contribution < 1.29 is 14.3 Å². The van der Waals surface area contributed by atoms with Crippen LogP contribution in [0.5, 0.6) is 11.5 Å². The SMILES string of the molecule is CCOc1ccccc1N1C(=O)C(=Cc2ccc(OCc3ccccc3)c(Cl)c2)SC1=S. The maximum atomic E-state index is 13.1. The predicted octanol–water partition coefficient (Wildman–Crippen LogP) is 6.72. The average Bonchev–Trinajstić information content (AvgIpc) is 3.07. The number of carbonyl (C=O) groups is 1. The lowest BCUT2D eigenvalue weighted by atomic mass is 10.2. The molecule has 1 amide bonds. The first-order valence-corrected chi connectivity index (χ1v) is 11.6. The number of ether oxygens (including phenoxy) is 2. The maximum absolute atomic E-state index is 13.1. The molecule has 4 rings (SSSR count). The largest absolute Gasteiger partial charge is 0.492 e. The van der Waals surface area contributed by atoms with Gasteiger partial charge in [-0.05, 0) is 48.4 Å².